The van der Waals surface area contributed by atoms with Crippen molar-refractivity contribution in [2.75, 3.05) is 0 Å². The van der Waals surface area contributed by atoms with Gasteiger partial charge in [-0.2, -0.15) is 0 Å². The first-order chi connectivity index (χ1) is 4.97. The Bertz CT molecular complexity index is 281. The van der Waals surface area contributed by atoms with Gasteiger partial charge in [0.15, 0.2) is 0 Å². The molecular formula is C10H8IZn-. The molecule has 12 heavy (non-hydrogen) atoms. The van der Waals surface area contributed by atoms with Crippen LogP contribution in [0.2, 0.25) is 0 Å². The van der Waals surface area contributed by atoms with Crippen molar-refractivity contribution in [3.8, 4) is 0 Å². The third-order valence-corrected chi connectivity index (χ3v) is 1.57. The van der Waals surface area contributed by atoms with Crippen molar-refractivity contribution in [1.29, 1.82) is 0 Å². The summed E-state index contributed by atoms with van der Waals surface area (Å²) < 4.78 is 0. The van der Waals surface area contributed by atoms with Crippen molar-refractivity contribution in [2.45, 2.75) is 0 Å². The van der Waals surface area contributed by atoms with Crippen LogP contribution in [0.4, 0.5) is 0 Å². The molecule has 0 heterocycles. The fourth-order valence-electron chi connectivity index (χ4n) is 1.06. The van der Waals surface area contributed by atoms with Crippen LogP contribution in [0, 0.1) is 6.07 Å². The zero-order chi connectivity index (χ0) is 6.81. The second kappa shape index (κ2) is 5.66. The second-order valence-electron chi connectivity index (χ2n) is 2.26. The Hall–Kier alpha value is 0.0534. The topological polar surface area (TPSA) is 0 Å². The summed E-state index contributed by atoms with van der Waals surface area (Å²) in [6.07, 6.45) is 0. The van der Waals surface area contributed by atoms with Gasteiger partial charge >= 0.3 is 0 Å². The van der Waals surface area contributed by atoms with Gasteiger partial charge in [-0.25, -0.2) is 0 Å². The molecule has 2 heteroatoms. The van der Waals surface area contributed by atoms with Gasteiger partial charge in [0, 0.05) is 19.5 Å². The molecule has 2 rings (SSSR count). The smallest absolute Gasteiger partial charge is 0 e. The minimum atomic E-state index is 0. The van der Waals surface area contributed by atoms with Crippen LogP contribution < -0.4 is 0 Å². The Morgan fingerprint density at radius 2 is 1.58 bits per heavy atom. The van der Waals surface area contributed by atoms with Crippen LogP contribution in [-0.4, -0.2) is 0 Å². The summed E-state index contributed by atoms with van der Waals surface area (Å²) in [6.45, 7) is 0. The summed E-state index contributed by atoms with van der Waals surface area (Å²) in [4.78, 5) is 0. The maximum absolute atomic E-state index is 3.15. The van der Waals surface area contributed by atoms with Gasteiger partial charge in [-0.15, -0.1) is 71.1 Å². The van der Waals surface area contributed by atoms with Crippen molar-refractivity contribution in [1.82, 2.24) is 0 Å². The standard InChI is InChI=1S/C10H7.HI.Zn/c1-2-6-10-8-4-3-7-9(10)5-1;;/h1-7H;1H;/q-1;;. The van der Waals surface area contributed by atoms with E-state index in [9.17, 15) is 0 Å². The molecule has 0 fully saturated rings. The maximum atomic E-state index is 3.15. The summed E-state index contributed by atoms with van der Waals surface area (Å²) in [6, 6.07) is 17.4. The first kappa shape index (κ1) is 12.1. The van der Waals surface area contributed by atoms with Crippen molar-refractivity contribution in [3.05, 3.63) is 48.5 Å². The van der Waals surface area contributed by atoms with Crippen molar-refractivity contribution in [2.24, 2.45) is 0 Å². The van der Waals surface area contributed by atoms with E-state index in [4.69, 9.17) is 0 Å². The minimum Gasteiger partial charge on any atom is -0.147 e. The van der Waals surface area contributed by atoms with E-state index < -0.39 is 0 Å². The van der Waals surface area contributed by atoms with Crippen LogP contribution in [0.25, 0.3) is 10.8 Å². The maximum Gasteiger partial charge on any atom is 0 e. The van der Waals surface area contributed by atoms with Crippen molar-refractivity contribution < 1.29 is 19.5 Å². The van der Waals surface area contributed by atoms with Gasteiger partial charge in [0.2, 0.25) is 0 Å². The zero-order valence-electron chi connectivity index (χ0n) is 6.66. The molecule has 58 valence electrons. The van der Waals surface area contributed by atoms with E-state index >= 15 is 0 Å². The van der Waals surface area contributed by atoms with Gasteiger partial charge in [-0.3, -0.25) is 0 Å². The van der Waals surface area contributed by atoms with Crippen molar-refractivity contribution in [3.63, 3.8) is 0 Å². The Balaban J connectivity index is 0.000000605. The van der Waals surface area contributed by atoms with Crippen LogP contribution in [0.15, 0.2) is 42.5 Å². The van der Waals surface area contributed by atoms with Crippen LogP contribution in [0.1, 0.15) is 0 Å². The second-order valence-corrected chi connectivity index (χ2v) is 2.26. The summed E-state index contributed by atoms with van der Waals surface area (Å²) >= 11 is 0. The monoisotopic (exact) mass is 319 g/mol. The van der Waals surface area contributed by atoms with Crippen LogP contribution in [0.5, 0.6) is 0 Å². The predicted octanol–water partition coefficient (Wildman–Crippen LogP) is 3.26. The van der Waals surface area contributed by atoms with E-state index in [0.29, 0.717) is 0 Å². The number of rotatable bonds is 0. The quantitative estimate of drug-likeness (QED) is 0.397. The predicted molar refractivity (Wildman–Crippen MR) is 58.2 cm³/mol. The third-order valence-electron chi connectivity index (χ3n) is 1.57. The molecule has 0 aliphatic carbocycles. The van der Waals surface area contributed by atoms with Crippen LogP contribution >= 0.6 is 24.0 Å². The summed E-state index contributed by atoms with van der Waals surface area (Å²) in [5, 5.41) is 2.44. The van der Waals surface area contributed by atoms with Crippen molar-refractivity contribution >= 4 is 34.7 Å². The molecule has 0 nitrogen and oxygen atoms in total. The minimum absolute atomic E-state index is 0. The first-order valence-corrected chi connectivity index (χ1v) is 3.32. The molecule has 0 bridgehead atoms. The molecule has 0 unspecified atom stereocenters. The van der Waals surface area contributed by atoms with Gasteiger partial charge in [0.25, 0.3) is 0 Å². The number of hydrogen-bond acceptors (Lipinski definition) is 0. The average molecular weight is 320 g/mol. The Morgan fingerprint density at radius 3 is 2.33 bits per heavy atom. The van der Waals surface area contributed by atoms with Crippen LogP contribution in [0.3, 0.4) is 0 Å². The van der Waals surface area contributed by atoms with E-state index in [1.54, 1.807) is 0 Å². The average Bonchev–Trinajstić information content (AvgIpc) is 2.05. The van der Waals surface area contributed by atoms with E-state index in [-0.39, 0.29) is 43.5 Å². The van der Waals surface area contributed by atoms with Gasteiger partial charge < -0.3 is 0 Å². The third kappa shape index (κ3) is 2.53. The molecule has 0 saturated heterocycles. The van der Waals surface area contributed by atoms with E-state index in [1.807, 2.05) is 24.3 Å². The fraction of sp³-hybridized carbons (Fsp3) is 0. The molecule has 0 spiro atoms. The molecule has 0 aliphatic heterocycles. The molecule has 0 aromatic heterocycles. The van der Waals surface area contributed by atoms with Gasteiger partial charge in [-0.1, -0.05) is 12.1 Å². The van der Waals surface area contributed by atoms with E-state index in [0.717, 1.165) is 0 Å². The first-order valence-electron chi connectivity index (χ1n) is 3.32. The number of benzene rings is 2. The number of hydrogen-bond donors (Lipinski definition) is 0. The molecule has 0 radical (unpaired) electrons. The number of fused-ring (bicyclic) bond motifs is 1. The molecule has 0 atom stereocenters. The Kier molecular flexibility index (Phi) is 5.68. The van der Waals surface area contributed by atoms with Gasteiger partial charge in [-0.05, 0) is 0 Å². The summed E-state index contributed by atoms with van der Waals surface area (Å²) in [5.41, 5.74) is 0. The largest absolute Gasteiger partial charge is 0.147 e. The van der Waals surface area contributed by atoms with E-state index in [1.165, 1.54) is 10.8 Å². The SMILES string of the molecule is I.[Zn].[c-]1cccc2ccccc12. The van der Waals surface area contributed by atoms with E-state index in [2.05, 4.69) is 24.3 Å². The Labute approximate surface area is 102 Å². The van der Waals surface area contributed by atoms with Crippen LogP contribution in [-0.2, 0) is 19.5 Å². The molecule has 2 aromatic carbocycles. The van der Waals surface area contributed by atoms with Gasteiger partial charge in [0.1, 0.15) is 0 Å². The summed E-state index contributed by atoms with van der Waals surface area (Å²) in [7, 11) is 0. The zero-order valence-corrected chi connectivity index (χ0v) is 12.0. The summed E-state index contributed by atoms with van der Waals surface area (Å²) in [5.74, 6) is 0. The molecular weight excluding hydrogens is 312 g/mol. The molecule has 0 amide bonds. The molecule has 0 saturated carbocycles. The normalized spacial score (nSPS) is 8.33. The molecule has 2 aromatic rings. The number of halogens is 1. The molecule has 0 aliphatic rings. The molecule has 0 N–H and O–H groups in total. The Morgan fingerprint density at radius 1 is 0.917 bits per heavy atom. The van der Waals surface area contributed by atoms with Gasteiger partial charge in [0.05, 0.1) is 0 Å². The fourth-order valence-corrected chi connectivity index (χ4v) is 1.06.